The van der Waals surface area contributed by atoms with Crippen molar-refractivity contribution < 1.29 is 9.59 Å². The molecule has 0 unspecified atom stereocenters. The zero-order chi connectivity index (χ0) is 17.6. The van der Waals surface area contributed by atoms with Gasteiger partial charge in [0.15, 0.2) is 0 Å². The van der Waals surface area contributed by atoms with Crippen LogP contribution in [0.3, 0.4) is 0 Å². The van der Waals surface area contributed by atoms with E-state index in [2.05, 4.69) is 21.2 Å². The van der Waals surface area contributed by atoms with E-state index in [-0.39, 0.29) is 11.8 Å². The number of carbonyl (C=O) groups excluding carboxylic acids is 2. The van der Waals surface area contributed by atoms with Gasteiger partial charge in [-0.25, -0.2) is 0 Å². The van der Waals surface area contributed by atoms with E-state index in [0.717, 1.165) is 41.5 Å². The van der Waals surface area contributed by atoms with E-state index in [9.17, 15) is 9.59 Å². The van der Waals surface area contributed by atoms with E-state index in [0.29, 0.717) is 18.5 Å². The molecule has 0 aromatic heterocycles. The lowest BCUT2D eigenvalue weighted by molar-refractivity contribution is -0.120. The molecule has 5 heteroatoms. The van der Waals surface area contributed by atoms with Crippen molar-refractivity contribution >= 4 is 27.7 Å². The van der Waals surface area contributed by atoms with Crippen molar-refractivity contribution in [2.45, 2.75) is 25.8 Å². The van der Waals surface area contributed by atoms with Crippen molar-refractivity contribution in [1.29, 1.82) is 0 Å². The van der Waals surface area contributed by atoms with Crippen LogP contribution in [0.2, 0.25) is 0 Å². The highest BCUT2D eigenvalue weighted by molar-refractivity contribution is 9.10. The molecular weight excluding hydrogens is 380 g/mol. The summed E-state index contributed by atoms with van der Waals surface area (Å²) in [6.45, 7) is 2.11. The number of nitrogens with zero attached hydrogens (tertiary/aromatic N) is 1. The Morgan fingerprint density at radius 3 is 2.44 bits per heavy atom. The maximum atomic E-state index is 12.4. The minimum absolute atomic E-state index is 0.0291. The lowest BCUT2D eigenvalue weighted by Crippen LogP contribution is -2.28. The minimum atomic E-state index is -0.0291. The van der Waals surface area contributed by atoms with Crippen LogP contribution in [-0.4, -0.2) is 29.8 Å². The number of halogens is 1. The van der Waals surface area contributed by atoms with E-state index in [1.54, 1.807) is 0 Å². The zero-order valence-corrected chi connectivity index (χ0v) is 15.6. The van der Waals surface area contributed by atoms with Crippen LogP contribution in [0.4, 0.5) is 0 Å². The maximum absolute atomic E-state index is 12.4. The summed E-state index contributed by atoms with van der Waals surface area (Å²) in [4.78, 5) is 26.4. The van der Waals surface area contributed by atoms with Crippen LogP contribution in [0.15, 0.2) is 53.0 Å². The summed E-state index contributed by atoms with van der Waals surface area (Å²) in [6.07, 6.45) is 2.51. The van der Waals surface area contributed by atoms with E-state index in [1.165, 1.54) is 0 Å². The molecule has 1 saturated heterocycles. The molecular formula is C20H21BrN2O2. The molecule has 2 aromatic carbocycles. The maximum Gasteiger partial charge on any atom is 0.253 e. The van der Waals surface area contributed by atoms with Crippen LogP contribution < -0.4 is 5.32 Å². The van der Waals surface area contributed by atoms with E-state index < -0.39 is 0 Å². The van der Waals surface area contributed by atoms with Crippen LogP contribution in [0.1, 0.15) is 34.3 Å². The number of nitrogens with one attached hydrogen (secondary N) is 1. The largest absolute Gasteiger partial charge is 0.352 e. The monoisotopic (exact) mass is 400 g/mol. The molecule has 1 fully saturated rings. The third kappa shape index (κ3) is 4.92. The molecule has 1 aliphatic rings. The fourth-order valence-corrected chi connectivity index (χ4v) is 3.23. The van der Waals surface area contributed by atoms with Gasteiger partial charge in [0.2, 0.25) is 5.91 Å². The highest BCUT2D eigenvalue weighted by Crippen LogP contribution is 2.14. The third-order valence-corrected chi connectivity index (χ3v) is 4.86. The van der Waals surface area contributed by atoms with Crippen LogP contribution in [-0.2, 0) is 17.8 Å². The number of carbonyl (C=O) groups is 2. The summed E-state index contributed by atoms with van der Waals surface area (Å²) >= 11 is 3.38. The van der Waals surface area contributed by atoms with E-state index >= 15 is 0 Å². The number of hydrogen-bond acceptors (Lipinski definition) is 2. The summed E-state index contributed by atoms with van der Waals surface area (Å²) in [6, 6.07) is 15.2. The zero-order valence-electron chi connectivity index (χ0n) is 14.0. The fourth-order valence-electron chi connectivity index (χ4n) is 2.97. The van der Waals surface area contributed by atoms with Gasteiger partial charge in [0.1, 0.15) is 0 Å². The molecule has 0 atom stereocenters. The van der Waals surface area contributed by atoms with Crippen LogP contribution in [0, 0.1) is 0 Å². The fraction of sp³-hybridized carbons (Fsp3) is 0.300. The Morgan fingerprint density at radius 2 is 1.72 bits per heavy atom. The van der Waals surface area contributed by atoms with Crippen LogP contribution >= 0.6 is 15.9 Å². The first-order chi connectivity index (χ1) is 12.1. The molecule has 1 N–H and O–H groups in total. The topological polar surface area (TPSA) is 49.4 Å². The third-order valence-electron chi connectivity index (χ3n) is 4.33. The first kappa shape index (κ1) is 17.7. The van der Waals surface area contributed by atoms with E-state index in [4.69, 9.17) is 0 Å². The van der Waals surface area contributed by atoms with Gasteiger partial charge < -0.3 is 10.2 Å². The number of amides is 2. The summed E-state index contributed by atoms with van der Waals surface area (Å²) in [5.41, 5.74) is 2.61. The number of likely N-dealkylation sites (tertiary alicyclic amines) is 1. The quantitative estimate of drug-likeness (QED) is 0.833. The van der Waals surface area contributed by atoms with Gasteiger partial charge in [-0.2, -0.15) is 0 Å². The molecule has 2 amide bonds. The van der Waals surface area contributed by atoms with Gasteiger partial charge >= 0.3 is 0 Å². The SMILES string of the molecule is O=C(Cc1ccc(Br)cc1)NCc1cccc(C(=O)N2CCCC2)c1. The molecule has 2 aromatic rings. The van der Waals surface area contributed by atoms with Crippen molar-refractivity contribution in [2.24, 2.45) is 0 Å². The smallest absolute Gasteiger partial charge is 0.253 e. The number of benzene rings is 2. The van der Waals surface area contributed by atoms with Gasteiger partial charge in [-0.05, 0) is 48.2 Å². The molecule has 1 heterocycles. The van der Waals surface area contributed by atoms with Gasteiger partial charge in [-0.3, -0.25) is 9.59 Å². The predicted molar refractivity (Wildman–Crippen MR) is 101 cm³/mol. The number of rotatable bonds is 5. The molecule has 130 valence electrons. The van der Waals surface area contributed by atoms with Crippen molar-refractivity contribution in [3.63, 3.8) is 0 Å². The normalized spacial score (nSPS) is 13.7. The van der Waals surface area contributed by atoms with Gasteiger partial charge in [-0.15, -0.1) is 0 Å². The van der Waals surface area contributed by atoms with Gasteiger partial charge in [0.05, 0.1) is 6.42 Å². The second-order valence-electron chi connectivity index (χ2n) is 6.28. The summed E-state index contributed by atoms with van der Waals surface area (Å²) in [5, 5.41) is 2.92. The van der Waals surface area contributed by atoms with Crippen molar-refractivity contribution in [2.75, 3.05) is 13.1 Å². The summed E-state index contributed by atoms with van der Waals surface area (Å²) in [5.74, 6) is 0.0548. The molecule has 25 heavy (non-hydrogen) atoms. The lowest BCUT2D eigenvalue weighted by Gasteiger charge is -2.15. The highest BCUT2D eigenvalue weighted by atomic mass is 79.9. The summed E-state index contributed by atoms with van der Waals surface area (Å²) < 4.78 is 0.996. The minimum Gasteiger partial charge on any atom is -0.352 e. The molecule has 0 saturated carbocycles. The van der Waals surface area contributed by atoms with Crippen molar-refractivity contribution in [3.05, 3.63) is 69.7 Å². The lowest BCUT2D eigenvalue weighted by atomic mass is 10.1. The Hall–Kier alpha value is -2.14. The average molecular weight is 401 g/mol. The van der Waals surface area contributed by atoms with E-state index in [1.807, 2.05) is 53.4 Å². The highest BCUT2D eigenvalue weighted by Gasteiger charge is 2.19. The number of hydrogen-bond donors (Lipinski definition) is 1. The average Bonchev–Trinajstić information content (AvgIpc) is 3.16. The first-order valence-corrected chi connectivity index (χ1v) is 9.30. The van der Waals surface area contributed by atoms with Crippen LogP contribution in [0.25, 0.3) is 0 Å². The Labute approximate surface area is 156 Å². The molecule has 3 rings (SSSR count). The second kappa shape index (κ2) is 8.30. The molecule has 4 nitrogen and oxygen atoms in total. The first-order valence-electron chi connectivity index (χ1n) is 8.51. The van der Waals surface area contributed by atoms with Crippen LogP contribution in [0.5, 0.6) is 0 Å². The molecule has 0 bridgehead atoms. The standard InChI is InChI=1S/C20H21BrN2O2/c21-18-8-6-15(7-9-18)13-19(24)22-14-16-4-3-5-17(12-16)20(25)23-10-1-2-11-23/h3-9,12H,1-2,10-11,13-14H2,(H,22,24). The van der Waals surface area contributed by atoms with Gasteiger partial charge in [0.25, 0.3) is 5.91 Å². The Kier molecular flexibility index (Phi) is 5.87. The summed E-state index contributed by atoms with van der Waals surface area (Å²) in [7, 11) is 0. The molecule has 0 radical (unpaired) electrons. The Morgan fingerprint density at radius 1 is 1.00 bits per heavy atom. The van der Waals surface area contributed by atoms with Gasteiger partial charge in [-0.1, -0.05) is 40.2 Å². The molecule has 0 aliphatic carbocycles. The Bertz CT molecular complexity index is 753. The second-order valence-corrected chi connectivity index (χ2v) is 7.20. The van der Waals surface area contributed by atoms with Crippen molar-refractivity contribution in [3.8, 4) is 0 Å². The predicted octanol–water partition coefficient (Wildman–Crippen LogP) is 3.54. The van der Waals surface area contributed by atoms with Gasteiger partial charge in [0, 0.05) is 29.7 Å². The molecule has 1 aliphatic heterocycles. The molecule has 0 spiro atoms. The Balaban J connectivity index is 1.55. The van der Waals surface area contributed by atoms with Crippen molar-refractivity contribution in [1.82, 2.24) is 10.2 Å².